The van der Waals surface area contributed by atoms with Gasteiger partial charge in [0.1, 0.15) is 12.3 Å². The first-order valence-electron chi connectivity index (χ1n) is 7.71. The summed E-state index contributed by atoms with van der Waals surface area (Å²) in [6.45, 7) is 5.36. The highest BCUT2D eigenvalue weighted by molar-refractivity contribution is 5.97. The predicted octanol–water partition coefficient (Wildman–Crippen LogP) is 2.31. The van der Waals surface area contributed by atoms with Crippen LogP contribution >= 0.6 is 0 Å². The minimum Gasteiger partial charge on any atom is -0.497 e. The molecule has 22 heavy (non-hydrogen) atoms. The van der Waals surface area contributed by atoms with Gasteiger partial charge in [-0.05, 0) is 43.0 Å². The Balaban J connectivity index is 2.04. The number of hydrogen-bond donors (Lipinski definition) is 0. The Morgan fingerprint density at radius 3 is 2.32 bits per heavy atom. The van der Waals surface area contributed by atoms with E-state index in [1.165, 1.54) is 11.8 Å². The maximum Gasteiger partial charge on any atom is 0.242 e. The molecule has 1 heterocycles. The predicted molar refractivity (Wildman–Crippen MR) is 86.0 cm³/mol. The Bertz CT molecular complexity index is 519. The van der Waals surface area contributed by atoms with E-state index >= 15 is 0 Å². The number of anilines is 1. The van der Waals surface area contributed by atoms with E-state index in [-0.39, 0.29) is 18.4 Å². The van der Waals surface area contributed by atoms with Gasteiger partial charge in [0, 0.05) is 25.7 Å². The fourth-order valence-corrected chi connectivity index (χ4v) is 2.64. The zero-order chi connectivity index (χ0) is 16.1. The van der Waals surface area contributed by atoms with E-state index in [0.717, 1.165) is 31.7 Å². The maximum absolute atomic E-state index is 12.4. The number of likely N-dealkylation sites (tertiary alicyclic amines) is 1. The first-order chi connectivity index (χ1) is 10.5. The molecule has 0 aliphatic carbocycles. The molecule has 0 spiro atoms. The molecule has 0 bridgehead atoms. The van der Waals surface area contributed by atoms with Gasteiger partial charge in [0.05, 0.1) is 7.11 Å². The van der Waals surface area contributed by atoms with Crippen LogP contribution in [-0.4, -0.2) is 43.5 Å². The average Bonchev–Trinajstić information content (AvgIpc) is 2.53. The summed E-state index contributed by atoms with van der Waals surface area (Å²) in [6, 6.07) is 7.17. The lowest BCUT2D eigenvalue weighted by molar-refractivity contribution is -0.132. The third-order valence-electron chi connectivity index (χ3n) is 4.19. The van der Waals surface area contributed by atoms with Gasteiger partial charge in [-0.1, -0.05) is 6.92 Å². The topological polar surface area (TPSA) is 49.9 Å². The fraction of sp³-hybridized carbons (Fsp3) is 0.529. The van der Waals surface area contributed by atoms with Crippen LogP contribution in [0.2, 0.25) is 0 Å². The summed E-state index contributed by atoms with van der Waals surface area (Å²) < 4.78 is 5.12. The van der Waals surface area contributed by atoms with Crippen molar-refractivity contribution in [1.82, 2.24) is 4.90 Å². The van der Waals surface area contributed by atoms with Gasteiger partial charge in [0.25, 0.3) is 0 Å². The number of amides is 2. The van der Waals surface area contributed by atoms with E-state index in [0.29, 0.717) is 11.6 Å². The monoisotopic (exact) mass is 304 g/mol. The van der Waals surface area contributed by atoms with E-state index in [4.69, 9.17) is 4.74 Å². The Morgan fingerprint density at radius 2 is 1.82 bits per heavy atom. The molecule has 2 amide bonds. The van der Waals surface area contributed by atoms with Gasteiger partial charge in [0.2, 0.25) is 11.8 Å². The second kappa shape index (κ2) is 7.29. The van der Waals surface area contributed by atoms with E-state index in [9.17, 15) is 9.59 Å². The lowest BCUT2D eigenvalue weighted by Gasteiger charge is -2.32. The lowest BCUT2D eigenvalue weighted by atomic mass is 9.99. The highest BCUT2D eigenvalue weighted by Gasteiger charge is 2.23. The first-order valence-corrected chi connectivity index (χ1v) is 7.71. The molecule has 2 rings (SSSR count). The number of rotatable bonds is 4. The van der Waals surface area contributed by atoms with Crippen LogP contribution in [0.15, 0.2) is 24.3 Å². The minimum absolute atomic E-state index is 0.0120. The molecule has 0 atom stereocenters. The molecule has 0 aromatic heterocycles. The van der Waals surface area contributed by atoms with Crippen LogP contribution < -0.4 is 9.64 Å². The van der Waals surface area contributed by atoms with E-state index in [2.05, 4.69) is 6.92 Å². The smallest absolute Gasteiger partial charge is 0.242 e. The fourth-order valence-electron chi connectivity index (χ4n) is 2.64. The lowest BCUT2D eigenvalue weighted by Crippen LogP contribution is -2.45. The molecular formula is C17H24N2O3. The molecule has 0 saturated carbocycles. The van der Waals surface area contributed by atoms with Crippen molar-refractivity contribution in [2.24, 2.45) is 5.92 Å². The Labute approximate surface area is 131 Å². The molecule has 1 aliphatic rings. The van der Waals surface area contributed by atoms with Crippen LogP contribution in [0.5, 0.6) is 5.75 Å². The van der Waals surface area contributed by atoms with Crippen LogP contribution in [0.4, 0.5) is 5.69 Å². The zero-order valence-corrected chi connectivity index (χ0v) is 13.5. The Morgan fingerprint density at radius 1 is 1.23 bits per heavy atom. The summed E-state index contributed by atoms with van der Waals surface area (Å²) in [7, 11) is 1.60. The maximum atomic E-state index is 12.4. The zero-order valence-electron chi connectivity index (χ0n) is 13.5. The summed E-state index contributed by atoms with van der Waals surface area (Å²) in [5.41, 5.74) is 0.715. The SMILES string of the molecule is COc1ccc(N(CC(=O)N2CCC(C)CC2)C(C)=O)cc1. The van der Waals surface area contributed by atoms with Gasteiger partial charge in [-0.3, -0.25) is 9.59 Å². The van der Waals surface area contributed by atoms with E-state index in [1.807, 2.05) is 4.90 Å². The summed E-state index contributed by atoms with van der Waals surface area (Å²) in [5, 5.41) is 0. The molecule has 1 aliphatic heterocycles. The Kier molecular flexibility index (Phi) is 5.41. The van der Waals surface area contributed by atoms with Crippen molar-refractivity contribution in [2.45, 2.75) is 26.7 Å². The number of piperidine rings is 1. The van der Waals surface area contributed by atoms with Crippen molar-refractivity contribution in [2.75, 3.05) is 31.6 Å². The van der Waals surface area contributed by atoms with Crippen LogP contribution in [-0.2, 0) is 9.59 Å². The standard InChI is InChI=1S/C17H24N2O3/c1-13-8-10-18(11-9-13)17(21)12-19(14(2)20)15-4-6-16(22-3)7-5-15/h4-7,13H,8-12H2,1-3H3. The van der Waals surface area contributed by atoms with Crippen LogP contribution in [0.1, 0.15) is 26.7 Å². The molecule has 0 unspecified atom stereocenters. The normalized spacial score (nSPS) is 15.5. The molecule has 0 radical (unpaired) electrons. The summed E-state index contributed by atoms with van der Waals surface area (Å²) >= 11 is 0. The molecule has 120 valence electrons. The van der Waals surface area contributed by atoms with Crippen molar-refractivity contribution < 1.29 is 14.3 Å². The third-order valence-corrected chi connectivity index (χ3v) is 4.19. The Hall–Kier alpha value is -2.04. The van der Waals surface area contributed by atoms with Crippen LogP contribution in [0, 0.1) is 5.92 Å². The number of benzene rings is 1. The molecule has 1 aromatic rings. The number of nitrogens with zero attached hydrogens (tertiary/aromatic N) is 2. The molecule has 1 aromatic carbocycles. The van der Waals surface area contributed by atoms with Crippen molar-refractivity contribution in [3.05, 3.63) is 24.3 Å². The van der Waals surface area contributed by atoms with Crippen LogP contribution in [0.25, 0.3) is 0 Å². The van der Waals surface area contributed by atoms with Gasteiger partial charge in [-0.25, -0.2) is 0 Å². The second-order valence-corrected chi connectivity index (χ2v) is 5.87. The molecule has 0 N–H and O–H groups in total. The van der Waals surface area contributed by atoms with Crippen molar-refractivity contribution in [3.63, 3.8) is 0 Å². The number of carbonyl (C=O) groups is 2. The third kappa shape index (κ3) is 4.00. The highest BCUT2D eigenvalue weighted by atomic mass is 16.5. The van der Waals surface area contributed by atoms with Crippen molar-refractivity contribution in [3.8, 4) is 5.75 Å². The van der Waals surface area contributed by atoms with Gasteiger partial charge < -0.3 is 14.5 Å². The summed E-state index contributed by atoms with van der Waals surface area (Å²) in [5.74, 6) is 1.28. The molecule has 5 heteroatoms. The highest BCUT2D eigenvalue weighted by Crippen LogP contribution is 2.21. The quantitative estimate of drug-likeness (QED) is 0.857. The minimum atomic E-state index is -0.135. The molecule has 1 saturated heterocycles. The molecule has 1 fully saturated rings. The number of carbonyl (C=O) groups excluding carboxylic acids is 2. The van der Waals surface area contributed by atoms with Crippen LogP contribution in [0.3, 0.4) is 0 Å². The number of ether oxygens (including phenoxy) is 1. The van der Waals surface area contributed by atoms with Crippen molar-refractivity contribution in [1.29, 1.82) is 0 Å². The largest absolute Gasteiger partial charge is 0.497 e. The molecule has 5 nitrogen and oxygen atoms in total. The van der Waals surface area contributed by atoms with Gasteiger partial charge in [0.15, 0.2) is 0 Å². The van der Waals surface area contributed by atoms with E-state index < -0.39 is 0 Å². The summed E-state index contributed by atoms with van der Waals surface area (Å²) in [4.78, 5) is 27.7. The molecular weight excluding hydrogens is 280 g/mol. The number of methoxy groups -OCH3 is 1. The van der Waals surface area contributed by atoms with Gasteiger partial charge in [-0.15, -0.1) is 0 Å². The van der Waals surface area contributed by atoms with Gasteiger partial charge in [-0.2, -0.15) is 0 Å². The van der Waals surface area contributed by atoms with E-state index in [1.54, 1.807) is 31.4 Å². The van der Waals surface area contributed by atoms with Crippen molar-refractivity contribution >= 4 is 17.5 Å². The second-order valence-electron chi connectivity index (χ2n) is 5.87. The average molecular weight is 304 g/mol. The first kappa shape index (κ1) is 16.3. The van der Waals surface area contributed by atoms with Gasteiger partial charge >= 0.3 is 0 Å². The number of hydrogen-bond acceptors (Lipinski definition) is 3. The summed E-state index contributed by atoms with van der Waals surface area (Å²) in [6.07, 6.45) is 2.07.